The van der Waals surface area contributed by atoms with Crippen LogP contribution >= 0.6 is 11.6 Å². The van der Waals surface area contributed by atoms with Gasteiger partial charge in [-0.3, -0.25) is 4.79 Å². The van der Waals surface area contributed by atoms with Gasteiger partial charge in [-0.15, -0.1) is 0 Å². The Balaban J connectivity index is 2.29. The minimum atomic E-state index is -1.96. The first kappa shape index (κ1) is 21.1. The predicted octanol–water partition coefficient (Wildman–Crippen LogP) is 1.42. The molecule has 2 aliphatic rings. The minimum Gasteiger partial charge on any atom is -0.493 e. The van der Waals surface area contributed by atoms with Gasteiger partial charge in [-0.25, -0.2) is 0 Å². The van der Waals surface area contributed by atoms with Crippen molar-refractivity contribution in [2.45, 2.75) is 57.5 Å². The van der Waals surface area contributed by atoms with E-state index in [4.69, 9.17) is 16.3 Å². The van der Waals surface area contributed by atoms with Crippen molar-refractivity contribution in [1.29, 1.82) is 0 Å². The van der Waals surface area contributed by atoms with Crippen molar-refractivity contribution in [3.8, 4) is 0 Å². The summed E-state index contributed by atoms with van der Waals surface area (Å²) in [4.78, 5) is 12.2. The molecule has 1 aliphatic heterocycles. The fourth-order valence-corrected chi connectivity index (χ4v) is 3.58. The molecular weight excluding hydrogens is 360 g/mol. The topological polar surface area (TPSA) is 107 Å². The van der Waals surface area contributed by atoms with Gasteiger partial charge in [-0.1, -0.05) is 31.9 Å². The van der Waals surface area contributed by atoms with Crippen molar-refractivity contribution < 1.29 is 30.0 Å². The molecule has 0 fully saturated rings. The smallest absolute Gasteiger partial charge is 0.208 e. The Morgan fingerprint density at radius 1 is 1.54 bits per heavy atom. The zero-order valence-electron chi connectivity index (χ0n) is 15.4. The van der Waals surface area contributed by atoms with Crippen LogP contribution < -0.4 is 0 Å². The average Bonchev–Trinajstić information content (AvgIpc) is 2.61. The zero-order chi connectivity index (χ0) is 19.9. The molecule has 0 unspecified atom stereocenters. The maximum Gasteiger partial charge on any atom is 0.208 e. The summed E-state index contributed by atoms with van der Waals surface area (Å²) in [5.41, 5.74) is -3.02. The second-order valence-corrected chi connectivity index (χ2v) is 7.92. The summed E-state index contributed by atoms with van der Waals surface area (Å²) < 4.78 is 5.56. The number of aliphatic hydroxyl groups excluding tert-OH is 2. The van der Waals surface area contributed by atoms with Crippen molar-refractivity contribution in [1.82, 2.24) is 0 Å². The number of aliphatic hydroxyl groups is 4. The van der Waals surface area contributed by atoms with Crippen LogP contribution in [0.4, 0.5) is 0 Å². The van der Waals surface area contributed by atoms with Gasteiger partial charge in [0.2, 0.25) is 5.78 Å². The normalized spacial score (nSPS) is 34.0. The van der Waals surface area contributed by atoms with Crippen molar-refractivity contribution >= 4 is 17.4 Å². The molecule has 6 nitrogen and oxygen atoms in total. The second-order valence-electron chi connectivity index (χ2n) is 7.54. The van der Waals surface area contributed by atoms with Gasteiger partial charge in [-0.2, -0.15) is 0 Å². The molecule has 7 heteroatoms. The molecule has 6 atom stereocenters. The van der Waals surface area contributed by atoms with E-state index < -0.39 is 35.1 Å². The fourth-order valence-electron chi connectivity index (χ4n) is 3.19. The Morgan fingerprint density at radius 3 is 2.73 bits per heavy atom. The van der Waals surface area contributed by atoms with Gasteiger partial charge in [0.15, 0.2) is 5.60 Å². The number of carbonyl (C=O) groups excluding carboxylic acids is 1. The Morgan fingerprint density at radius 2 is 2.15 bits per heavy atom. The van der Waals surface area contributed by atoms with Gasteiger partial charge in [0.1, 0.15) is 17.5 Å². The first-order valence-corrected chi connectivity index (χ1v) is 9.10. The number of allylic oxidation sites excluding steroid dienone is 2. The number of rotatable bonds is 5. The lowest BCUT2D eigenvalue weighted by Crippen LogP contribution is -2.55. The Hall–Kier alpha value is -1.18. The van der Waals surface area contributed by atoms with E-state index in [0.29, 0.717) is 17.8 Å². The molecule has 26 heavy (non-hydrogen) atoms. The lowest BCUT2D eigenvalue weighted by atomic mass is 9.75. The van der Waals surface area contributed by atoms with Gasteiger partial charge >= 0.3 is 0 Å². The third kappa shape index (κ3) is 3.75. The fraction of sp³-hybridized carbons (Fsp3) is 0.632. The van der Waals surface area contributed by atoms with Crippen LogP contribution in [-0.4, -0.2) is 56.2 Å². The first-order chi connectivity index (χ1) is 11.9. The summed E-state index contributed by atoms with van der Waals surface area (Å²) in [5.74, 6) is -1.12. The monoisotopic (exact) mass is 386 g/mol. The highest BCUT2D eigenvalue weighted by molar-refractivity contribution is 6.44. The third-order valence-electron chi connectivity index (χ3n) is 5.36. The van der Waals surface area contributed by atoms with Crippen LogP contribution in [0.2, 0.25) is 0 Å². The van der Waals surface area contributed by atoms with Crippen LogP contribution in [0.5, 0.6) is 0 Å². The molecule has 1 heterocycles. The molecule has 0 saturated heterocycles. The highest BCUT2D eigenvalue weighted by Gasteiger charge is 2.50. The number of hydrogen-bond acceptors (Lipinski definition) is 6. The van der Waals surface area contributed by atoms with Crippen molar-refractivity contribution in [3.63, 3.8) is 0 Å². The van der Waals surface area contributed by atoms with Gasteiger partial charge in [0.25, 0.3) is 0 Å². The maximum absolute atomic E-state index is 12.2. The van der Waals surface area contributed by atoms with E-state index in [-0.39, 0.29) is 17.6 Å². The number of ether oxygens (including phenoxy) is 1. The van der Waals surface area contributed by atoms with E-state index in [1.54, 1.807) is 0 Å². The average molecular weight is 387 g/mol. The van der Waals surface area contributed by atoms with Crippen LogP contribution in [0.1, 0.15) is 34.1 Å². The molecule has 0 radical (unpaired) electrons. The quantitative estimate of drug-likeness (QED) is 0.569. The van der Waals surface area contributed by atoms with Crippen LogP contribution in [0.25, 0.3) is 0 Å². The molecule has 0 spiro atoms. The molecule has 1 aliphatic carbocycles. The Bertz CT molecular complexity index is 661. The molecule has 0 amide bonds. The molecule has 0 aromatic heterocycles. The van der Waals surface area contributed by atoms with E-state index in [0.717, 1.165) is 0 Å². The van der Waals surface area contributed by atoms with Gasteiger partial charge < -0.3 is 25.2 Å². The summed E-state index contributed by atoms with van der Waals surface area (Å²) in [5, 5.41) is 41.0. The lowest BCUT2D eigenvalue weighted by Gasteiger charge is -2.40. The largest absolute Gasteiger partial charge is 0.493 e. The molecule has 0 aromatic rings. The van der Waals surface area contributed by atoms with Crippen LogP contribution in [0.3, 0.4) is 0 Å². The summed E-state index contributed by atoms with van der Waals surface area (Å²) in [7, 11) is 0. The van der Waals surface area contributed by atoms with E-state index in [2.05, 4.69) is 0 Å². The summed E-state index contributed by atoms with van der Waals surface area (Å²) in [6.45, 7) is 6.53. The molecule has 4 N–H and O–H groups in total. The van der Waals surface area contributed by atoms with Crippen LogP contribution in [-0.2, 0) is 9.53 Å². The molecule has 2 rings (SSSR count). The van der Waals surface area contributed by atoms with Gasteiger partial charge in [-0.05, 0) is 43.6 Å². The number of halogens is 1. The first-order valence-electron chi connectivity index (χ1n) is 8.72. The number of Topliss-reactive ketones (excluding diaryl/α,β-unsaturated/α-hetero) is 1. The second kappa shape index (κ2) is 7.44. The number of hydrogen-bond donors (Lipinski definition) is 4. The molecule has 0 aromatic carbocycles. The minimum absolute atomic E-state index is 0.0301. The Labute approximate surface area is 158 Å². The van der Waals surface area contributed by atoms with E-state index >= 15 is 0 Å². The number of ketones is 1. The van der Waals surface area contributed by atoms with Crippen molar-refractivity contribution in [3.05, 3.63) is 34.6 Å². The standard InChI is InChI=1S/C19H27ClO6/c1-5-10(2)15(21)18(3,24)7-6-11-8-12-13(9-26-11)16(22)19(4,25)17(23)14(12)20/h6-8,10,13,15-16,21-22,24-25H,5,9H2,1-4H3/b7-6+/t10-,13-,15-,16+,18+,19+/m0/s1. The SMILES string of the molecule is CC[C@H](C)[C@H](O)[C@](C)(O)/C=C/C1=CC2=C(Cl)C(=O)[C@](C)(O)[C@H](O)[C@H]2CO1. The highest BCUT2D eigenvalue weighted by atomic mass is 35.5. The maximum atomic E-state index is 12.2. The van der Waals surface area contributed by atoms with Crippen LogP contribution in [0, 0.1) is 11.8 Å². The molecular formula is C19H27ClO6. The van der Waals surface area contributed by atoms with Gasteiger partial charge in [0, 0.05) is 5.92 Å². The van der Waals surface area contributed by atoms with Crippen molar-refractivity contribution in [2.75, 3.05) is 6.61 Å². The Kier molecular flexibility index (Phi) is 6.05. The van der Waals surface area contributed by atoms with Gasteiger partial charge in [0.05, 0.1) is 17.7 Å². The van der Waals surface area contributed by atoms with Crippen LogP contribution in [0.15, 0.2) is 34.6 Å². The third-order valence-corrected chi connectivity index (χ3v) is 5.75. The summed E-state index contributed by atoms with van der Waals surface area (Å²) in [6.07, 6.45) is 2.88. The summed E-state index contributed by atoms with van der Waals surface area (Å²) in [6, 6.07) is 0. The van der Waals surface area contributed by atoms with Crippen molar-refractivity contribution in [2.24, 2.45) is 11.8 Å². The highest BCUT2D eigenvalue weighted by Crippen LogP contribution is 2.40. The van der Waals surface area contributed by atoms with E-state index in [1.165, 1.54) is 32.1 Å². The zero-order valence-corrected chi connectivity index (χ0v) is 16.2. The molecule has 0 saturated carbocycles. The molecule has 146 valence electrons. The number of carbonyl (C=O) groups is 1. The number of fused-ring (bicyclic) bond motifs is 1. The summed E-state index contributed by atoms with van der Waals surface area (Å²) >= 11 is 6.10. The molecule has 0 bridgehead atoms. The van der Waals surface area contributed by atoms with E-state index in [1.807, 2.05) is 13.8 Å². The van der Waals surface area contributed by atoms with E-state index in [9.17, 15) is 25.2 Å². The lowest BCUT2D eigenvalue weighted by molar-refractivity contribution is -0.150. The predicted molar refractivity (Wildman–Crippen MR) is 97.3 cm³/mol.